The van der Waals surface area contributed by atoms with Crippen molar-refractivity contribution >= 4 is 11.9 Å². The third-order valence-corrected chi connectivity index (χ3v) is 3.65. The Kier molecular flexibility index (Phi) is 5.54. The van der Waals surface area contributed by atoms with Crippen molar-refractivity contribution in [2.45, 2.75) is 32.9 Å². The maximum atomic E-state index is 13.0. The van der Waals surface area contributed by atoms with E-state index in [4.69, 9.17) is 5.11 Å². The number of rotatable bonds is 6. The van der Waals surface area contributed by atoms with E-state index in [-0.39, 0.29) is 23.6 Å². The quantitative estimate of drug-likeness (QED) is 0.842. The monoisotopic (exact) mass is 342 g/mol. The second-order valence-electron chi connectivity index (χ2n) is 6.62. The fraction of sp³-hybridized carbons (Fsp3) is 0.316. The van der Waals surface area contributed by atoms with Crippen molar-refractivity contribution in [3.8, 4) is 0 Å². The van der Waals surface area contributed by atoms with Crippen LogP contribution < -0.4 is 0 Å². The predicted octanol–water partition coefficient (Wildman–Crippen LogP) is 2.50. The Hall–Kier alpha value is -2.73. The molecule has 0 fully saturated rings. The van der Waals surface area contributed by atoms with Crippen molar-refractivity contribution in [3.63, 3.8) is 0 Å². The number of carbonyl (C=O) groups is 2. The van der Waals surface area contributed by atoms with Crippen LogP contribution in [-0.4, -0.2) is 44.1 Å². The number of carbonyl (C=O) groups excluding carboxylic acids is 1. The molecule has 0 radical (unpaired) electrons. The van der Waals surface area contributed by atoms with Gasteiger partial charge in [0.1, 0.15) is 0 Å². The summed E-state index contributed by atoms with van der Waals surface area (Å²) in [6, 6.07) is 10.7. The van der Waals surface area contributed by atoms with E-state index >= 15 is 0 Å². The van der Waals surface area contributed by atoms with Gasteiger partial charge in [-0.25, -0.2) is 4.79 Å². The SMILES string of the molecule is Cc1ncc(C(=O)O)cc1C(=O)N(Cc1ccccc1)CC(C)(C)O. The van der Waals surface area contributed by atoms with Crippen molar-refractivity contribution in [1.82, 2.24) is 9.88 Å². The van der Waals surface area contributed by atoms with Crippen molar-refractivity contribution in [3.05, 3.63) is 65.0 Å². The second kappa shape index (κ2) is 7.44. The van der Waals surface area contributed by atoms with Gasteiger partial charge in [0.05, 0.1) is 22.4 Å². The molecule has 0 unspecified atom stereocenters. The minimum Gasteiger partial charge on any atom is -0.478 e. The van der Waals surface area contributed by atoms with E-state index in [2.05, 4.69) is 4.98 Å². The van der Waals surface area contributed by atoms with Gasteiger partial charge >= 0.3 is 5.97 Å². The number of amides is 1. The van der Waals surface area contributed by atoms with Crippen molar-refractivity contribution in [2.75, 3.05) is 6.54 Å². The molecule has 0 saturated carbocycles. The van der Waals surface area contributed by atoms with Gasteiger partial charge in [0.2, 0.25) is 0 Å². The molecule has 0 bridgehead atoms. The van der Waals surface area contributed by atoms with E-state index in [0.717, 1.165) is 5.56 Å². The van der Waals surface area contributed by atoms with E-state index in [1.807, 2.05) is 30.3 Å². The van der Waals surface area contributed by atoms with Crippen LogP contribution in [0.25, 0.3) is 0 Å². The van der Waals surface area contributed by atoms with Gasteiger partial charge in [-0.15, -0.1) is 0 Å². The van der Waals surface area contributed by atoms with Gasteiger partial charge in [0.15, 0.2) is 0 Å². The van der Waals surface area contributed by atoms with Crippen molar-refractivity contribution in [1.29, 1.82) is 0 Å². The first-order valence-corrected chi connectivity index (χ1v) is 7.93. The fourth-order valence-electron chi connectivity index (χ4n) is 2.51. The van der Waals surface area contributed by atoms with Crippen LogP contribution in [0, 0.1) is 6.92 Å². The molecule has 2 rings (SSSR count). The molecule has 2 aromatic rings. The highest BCUT2D eigenvalue weighted by molar-refractivity contribution is 5.98. The number of aromatic nitrogens is 1. The van der Waals surface area contributed by atoms with E-state index in [0.29, 0.717) is 12.2 Å². The molecular weight excluding hydrogens is 320 g/mol. The van der Waals surface area contributed by atoms with E-state index in [9.17, 15) is 14.7 Å². The molecule has 1 amide bonds. The Labute approximate surface area is 146 Å². The lowest BCUT2D eigenvalue weighted by Gasteiger charge is -2.29. The zero-order chi connectivity index (χ0) is 18.6. The van der Waals surface area contributed by atoms with E-state index < -0.39 is 11.6 Å². The second-order valence-corrected chi connectivity index (χ2v) is 6.62. The number of hydrogen-bond acceptors (Lipinski definition) is 4. The molecule has 0 spiro atoms. The number of pyridine rings is 1. The normalized spacial score (nSPS) is 11.2. The van der Waals surface area contributed by atoms with Crippen LogP contribution in [0.5, 0.6) is 0 Å². The smallest absolute Gasteiger partial charge is 0.337 e. The van der Waals surface area contributed by atoms with Gasteiger partial charge in [-0.1, -0.05) is 30.3 Å². The Bertz CT molecular complexity index is 767. The molecule has 0 atom stereocenters. The van der Waals surface area contributed by atoms with Gasteiger partial charge in [0, 0.05) is 19.3 Å². The van der Waals surface area contributed by atoms with Crippen molar-refractivity contribution < 1.29 is 19.8 Å². The molecule has 6 nitrogen and oxygen atoms in total. The number of carboxylic acids is 1. The van der Waals surface area contributed by atoms with E-state index in [1.165, 1.54) is 17.2 Å². The summed E-state index contributed by atoms with van der Waals surface area (Å²) in [6.45, 7) is 5.32. The van der Waals surface area contributed by atoms with Crippen LogP contribution in [0.2, 0.25) is 0 Å². The lowest BCUT2D eigenvalue weighted by Crippen LogP contribution is -2.42. The summed E-state index contributed by atoms with van der Waals surface area (Å²) in [7, 11) is 0. The fourth-order valence-corrected chi connectivity index (χ4v) is 2.51. The first-order chi connectivity index (χ1) is 11.7. The number of hydrogen-bond donors (Lipinski definition) is 2. The summed E-state index contributed by atoms with van der Waals surface area (Å²) < 4.78 is 0. The summed E-state index contributed by atoms with van der Waals surface area (Å²) in [5, 5.41) is 19.3. The highest BCUT2D eigenvalue weighted by Gasteiger charge is 2.25. The largest absolute Gasteiger partial charge is 0.478 e. The Morgan fingerprint density at radius 1 is 1.20 bits per heavy atom. The third-order valence-electron chi connectivity index (χ3n) is 3.65. The zero-order valence-electron chi connectivity index (χ0n) is 14.6. The standard InChI is InChI=1S/C19H22N2O4/c1-13-16(9-15(10-20-13)18(23)24)17(22)21(12-19(2,3)25)11-14-7-5-4-6-8-14/h4-10,25H,11-12H2,1-3H3,(H,23,24). The van der Waals surface area contributed by atoms with Gasteiger partial charge in [-0.05, 0) is 32.4 Å². The molecule has 1 aromatic heterocycles. The molecule has 6 heteroatoms. The number of aryl methyl sites for hydroxylation is 1. The summed E-state index contributed by atoms with van der Waals surface area (Å²) in [5.41, 5.74) is 0.455. The molecular formula is C19H22N2O4. The maximum Gasteiger partial charge on any atom is 0.337 e. The van der Waals surface area contributed by atoms with Gasteiger partial charge in [-0.2, -0.15) is 0 Å². The molecule has 25 heavy (non-hydrogen) atoms. The highest BCUT2D eigenvalue weighted by Crippen LogP contribution is 2.17. The zero-order valence-corrected chi connectivity index (χ0v) is 14.6. The molecule has 0 aliphatic rings. The average molecular weight is 342 g/mol. The van der Waals surface area contributed by atoms with Gasteiger partial charge in [0.25, 0.3) is 5.91 Å². The first-order valence-electron chi connectivity index (χ1n) is 7.93. The molecule has 1 aromatic carbocycles. The molecule has 1 heterocycles. The molecule has 2 N–H and O–H groups in total. The minimum atomic E-state index is -1.14. The van der Waals surface area contributed by atoms with Crippen LogP contribution in [0.15, 0.2) is 42.6 Å². The maximum absolute atomic E-state index is 13.0. The Balaban J connectivity index is 2.38. The average Bonchev–Trinajstić information content (AvgIpc) is 2.53. The predicted molar refractivity (Wildman–Crippen MR) is 93.4 cm³/mol. The summed E-state index contributed by atoms with van der Waals surface area (Å²) >= 11 is 0. The number of aliphatic hydroxyl groups is 1. The van der Waals surface area contributed by atoms with Crippen LogP contribution in [0.4, 0.5) is 0 Å². The highest BCUT2D eigenvalue weighted by atomic mass is 16.4. The molecule has 0 saturated heterocycles. The van der Waals surface area contributed by atoms with Gasteiger partial charge < -0.3 is 15.1 Å². The number of aromatic carboxylic acids is 1. The number of nitrogens with zero attached hydrogens (tertiary/aromatic N) is 2. The Morgan fingerprint density at radius 3 is 2.40 bits per heavy atom. The van der Waals surface area contributed by atoms with Crippen LogP contribution >= 0.6 is 0 Å². The van der Waals surface area contributed by atoms with Crippen LogP contribution in [0.1, 0.15) is 45.8 Å². The van der Waals surface area contributed by atoms with Crippen molar-refractivity contribution in [2.24, 2.45) is 0 Å². The minimum absolute atomic E-state index is 0.0446. The lowest BCUT2D eigenvalue weighted by atomic mass is 10.1. The van der Waals surface area contributed by atoms with Crippen LogP contribution in [-0.2, 0) is 6.54 Å². The summed E-state index contributed by atoms with van der Waals surface area (Å²) in [6.07, 6.45) is 1.23. The molecule has 0 aliphatic heterocycles. The third kappa shape index (κ3) is 5.12. The number of benzene rings is 1. The molecule has 0 aliphatic carbocycles. The first kappa shape index (κ1) is 18.6. The summed E-state index contributed by atoms with van der Waals surface area (Å²) in [4.78, 5) is 29.7. The van der Waals surface area contributed by atoms with Gasteiger partial charge in [-0.3, -0.25) is 9.78 Å². The molecule has 132 valence electrons. The summed E-state index contributed by atoms with van der Waals surface area (Å²) in [5.74, 6) is -1.50. The lowest BCUT2D eigenvalue weighted by molar-refractivity contribution is 0.0279. The number of carboxylic acid groups (broad SMARTS) is 1. The van der Waals surface area contributed by atoms with Crippen LogP contribution in [0.3, 0.4) is 0 Å². The van der Waals surface area contributed by atoms with E-state index in [1.54, 1.807) is 20.8 Å². The topological polar surface area (TPSA) is 90.7 Å². The Morgan fingerprint density at radius 2 is 1.84 bits per heavy atom.